The van der Waals surface area contributed by atoms with E-state index in [1.54, 1.807) is 0 Å². The highest BCUT2D eigenvalue weighted by molar-refractivity contribution is 5.80. The standard InChI is InChI=1S/C20H27F3N6O2/c1-3-24-19(26-7-12-30-18-17(20(21,22)23)5-4-6-25-18)29-10-8-28(9-11-29)14-16-13-15(2)31-27-16/h4-6,13H,3,7-12,14H2,1-2H3,(H,24,26). The molecule has 8 nitrogen and oxygen atoms in total. The molecule has 170 valence electrons. The number of pyridine rings is 1. The maximum absolute atomic E-state index is 13.0. The molecule has 1 aliphatic heterocycles. The van der Waals surface area contributed by atoms with Gasteiger partial charge in [-0.25, -0.2) is 9.98 Å². The Morgan fingerprint density at radius 1 is 1.29 bits per heavy atom. The molecule has 0 aliphatic carbocycles. The third-order valence-electron chi connectivity index (χ3n) is 4.74. The molecule has 3 heterocycles. The first-order chi connectivity index (χ1) is 14.9. The van der Waals surface area contributed by atoms with Crippen LogP contribution in [0.3, 0.4) is 0 Å². The molecule has 1 fully saturated rings. The van der Waals surface area contributed by atoms with Crippen LogP contribution >= 0.6 is 0 Å². The average molecular weight is 440 g/mol. The molecule has 1 saturated heterocycles. The maximum atomic E-state index is 13.0. The minimum atomic E-state index is -4.51. The Balaban J connectivity index is 1.50. The van der Waals surface area contributed by atoms with Crippen molar-refractivity contribution < 1.29 is 22.4 Å². The van der Waals surface area contributed by atoms with E-state index >= 15 is 0 Å². The lowest BCUT2D eigenvalue weighted by molar-refractivity contribution is -0.139. The number of hydrogen-bond donors (Lipinski definition) is 1. The van der Waals surface area contributed by atoms with E-state index < -0.39 is 17.6 Å². The molecule has 0 saturated carbocycles. The average Bonchev–Trinajstić information content (AvgIpc) is 3.15. The Morgan fingerprint density at radius 2 is 2.06 bits per heavy atom. The minimum absolute atomic E-state index is 0.000459. The molecular formula is C20H27F3N6O2. The van der Waals surface area contributed by atoms with E-state index in [1.807, 2.05) is 19.9 Å². The number of rotatable bonds is 7. The summed E-state index contributed by atoms with van der Waals surface area (Å²) in [6.45, 7) is 8.73. The smallest absolute Gasteiger partial charge is 0.421 e. The van der Waals surface area contributed by atoms with Crippen molar-refractivity contribution in [3.8, 4) is 5.88 Å². The van der Waals surface area contributed by atoms with Gasteiger partial charge < -0.3 is 19.5 Å². The molecule has 0 aromatic carbocycles. The van der Waals surface area contributed by atoms with Gasteiger partial charge in [-0.2, -0.15) is 13.2 Å². The molecule has 0 atom stereocenters. The van der Waals surface area contributed by atoms with Gasteiger partial charge >= 0.3 is 6.18 Å². The molecule has 1 N–H and O–H groups in total. The van der Waals surface area contributed by atoms with Crippen molar-refractivity contribution >= 4 is 5.96 Å². The number of alkyl halides is 3. The van der Waals surface area contributed by atoms with Crippen LogP contribution in [-0.2, 0) is 12.7 Å². The number of nitrogens with one attached hydrogen (secondary N) is 1. The molecule has 3 rings (SSSR count). The molecule has 0 radical (unpaired) electrons. The van der Waals surface area contributed by atoms with Gasteiger partial charge in [0, 0.05) is 51.5 Å². The van der Waals surface area contributed by atoms with Gasteiger partial charge in [0.05, 0.1) is 12.2 Å². The van der Waals surface area contributed by atoms with Gasteiger partial charge in [-0.15, -0.1) is 0 Å². The molecule has 0 bridgehead atoms. The van der Waals surface area contributed by atoms with Crippen molar-refractivity contribution in [3.63, 3.8) is 0 Å². The second-order valence-corrected chi connectivity index (χ2v) is 7.13. The van der Waals surface area contributed by atoms with E-state index in [1.165, 1.54) is 12.3 Å². The second-order valence-electron chi connectivity index (χ2n) is 7.13. The van der Waals surface area contributed by atoms with E-state index in [4.69, 9.17) is 9.26 Å². The normalized spacial score (nSPS) is 15.9. The quantitative estimate of drug-likeness (QED) is 0.403. The number of hydrogen-bond acceptors (Lipinski definition) is 6. The van der Waals surface area contributed by atoms with Crippen molar-refractivity contribution in [3.05, 3.63) is 41.4 Å². The summed E-state index contributed by atoms with van der Waals surface area (Å²) in [7, 11) is 0. The number of halogens is 3. The SMILES string of the molecule is CCNC(=NCCOc1ncccc1C(F)(F)F)N1CCN(Cc2cc(C)on2)CC1. The van der Waals surface area contributed by atoms with Crippen molar-refractivity contribution in [2.24, 2.45) is 4.99 Å². The fraction of sp³-hybridized carbons (Fsp3) is 0.550. The maximum Gasteiger partial charge on any atom is 0.421 e. The summed E-state index contributed by atoms with van der Waals surface area (Å²) in [4.78, 5) is 12.6. The zero-order chi connectivity index (χ0) is 22.3. The van der Waals surface area contributed by atoms with Crippen LogP contribution in [0.25, 0.3) is 0 Å². The Morgan fingerprint density at radius 3 is 2.71 bits per heavy atom. The van der Waals surface area contributed by atoms with E-state index in [-0.39, 0.29) is 13.2 Å². The summed E-state index contributed by atoms with van der Waals surface area (Å²) in [5.41, 5.74) is 0.0285. The zero-order valence-corrected chi connectivity index (χ0v) is 17.7. The highest BCUT2D eigenvalue weighted by Crippen LogP contribution is 2.34. The lowest BCUT2D eigenvalue weighted by Crippen LogP contribution is -2.52. The monoisotopic (exact) mass is 440 g/mol. The molecule has 0 spiro atoms. The molecule has 0 unspecified atom stereocenters. The van der Waals surface area contributed by atoms with E-state index in [9.17, 15) is 13.2 Å². The summed E-state index contributed by atoms with van der Waals surface area (Å²) in [6, 6.07) is 4.12. The third kappa shape index (κ3) is 6.58. The van der Waals surface area contributed by atoms with Crippen LogP contribution in [0.4, 0.5) is 13.2 Å². The minimum Gasteiger partial charge on any atom is -0.475 e. The number of guanidine groups is 1. The number of ether oxygens (including phenoxy) is 1. The Hall–Kier alpha value is -2.82. The Bertz CT molecular complexity index is 863. The van der Waals surface area contributed by atoms with Crippen LogP contribution in [0.1, 0.15) is 23.9 Å². The van der Waals surface area contributed by atoms with Crippen LogP contribution in [0.2, 0.25) is 0 Å². The van der Waals surface area contributed by atoms with Crippen molar-refractivity contribution in [1.82, 2.24) is 25.3 Å². The molecule has 2 aromatic heterocycles. The largest absolute Gasteiger partial charge is 0.475 e. The van der Waals surface area contributed by atoms with Crippen LogP contribution in [0.15, 0.2) is 33.9 Å². The van der Waals surface area contributed by atoms with Crippen LogP contribution < -0.4 is 10.1 Å². The highest BCUT2D eigenvalue weighted by Gasteiger charge is 2.35. The number of aliphatic imine (C=N–C) groups is 1. The van der Waals surface area contributed by atoms with Crippen molar-refractivity contribution in [1.29, 1.82) is 0 Å². The van der Waals surface area contributed by atoms with Crippen molar-refractivity contribution in [2.45, 2.75) is 26.6 Å². The molecule has 2 aromatic rings. The Kier molecular flexibility index (Phi) is 7.72. The fourth-order valence-electron chi connectivity index (χ4n) is 3.28. The first-order valence-electron chi connectivity index (χ1n) is 10.2. The predicted octanol–water partition coefficient (Wildman–Crippen LogP) is 2.56. The van der Waals surface area contributed by atoms with Gasteiger partial charge in [-0.3, -0.25) is 4.90 Å². The highest BCUT2D eigenvalue weighted by atomic mass is 19.4. The summed E-state index contributed by atoms with van der Waals surface area (Å²) in [5, 5.41) is 7.27. The summed E-state index contributed by atoms with van der Waals surface area (Å²) in [6.07, 6.45) is -3.23. The summed E-state index contributed by atoms with van der Waals surface area (Å²) in [5.74, 6) is 1.09. The van der Waals surface area contributed by atoms with Gasteiger partial charge in [0.15, 0.2) is 5.96 Å². The zero-order valence-electron chi connectivity index (χ0n) is 17.7. The molecule has 31 heavy (non-hydrogen) atoms. The third-order valence-corrected chi connectivity index (χ3v) is 4.74. The summed E-state index contributed by atoms with van der Waals surface area (Å²) >= 11 is 0. The summed E-state index contributed by atoms with van der Waals surface area (Å²) < 4.78 is 49.4. The number of nitrogens with zero attached hydrogens (tertiary/aromatic N) is 5. The van der Waals surface area contributed by atoms with Crippen molar-refractivity contribution in [2.75, 3.05) is 45.9 Å². The predicted molar refractivity (Wildman–Crippen MR) is 109 cm³/mol. The molecule has 0 amide bonds. The fourth-order valence-corrected chi connectivity index (χ4v) is 3.28. The topological polar surface area (TPSA) is 79.0 Å². The van der Waals surface area contributed by atoms with Gasteiger partial charge in [0.1, 0.15) is 17.9 Å². The van der Waals surface area contributed by atoms with Gasteiger partial charge in [-0.1, -0.05) is 5.16 Å². The number of piperazine rings is 1. The van der Waals surface area contributed by atoms with E-state index in [0.717, 1.165) is 56.2 Å². The van der Waals surface area contributed by atoms with Crippen LogP contribution in [0, 0.1) is 6.92 Å². The molecular weight excluding hydrogens is 413 g/mol. The lowest BCUT2D eigenvalue weighted by atomic mass is 10.2. The van der Waals surface area contributed by atoms with Gasteiger partial charge in [0.2, 0.25) is 5.88 Å². The van der Waals surface area contributed by atoms with Crippen LogP contribution in [0.5, 0.6) is 5.88 Å². The first kappa shape index (κ1) is 22.9. The first-order valence-corrected chi connectivity index (χ1v) is 10.2. The lowest BCUT2D eigenvalue weighted by Gasteiger charge is -2.36. The van der Waals surface area contributed by atoms with Gasteiger partial charge in [-0.05, 0) is 26.0 Å². The second kappa shape index (κ2) is 10.5. The van der Waals surface area contributed by atoms with E-state index in [2.05, 4.69) is 30.2 Å². The van der Waals surface area contributed by atoms with Crippen LogP contribution in [-0.4, -0.2) is 71.8 Å². The number of aryl methyl sites for hydroxylation is 1. The van der Waals surface area contributed by atoms with Gasteiger partial charge in [0.25, 0.3) is 0 Å². The number of aromatic nitrogens is 2. The molecule has 11 heteroatoms. The Labute approximate surface area is 179 Å². The van der Waals surface area contributed by atoms with E-state index in [0.29, 0.717) is 6.54 Å². The molecule has 1 aliphatic rings.